The second-order valence-electron chi connectivity index (χ2n) is 5.45. The summed E-state index contributed by atoms with van der Waals surface area (Å²) in [5, 5.41) is 6.52. The number of ether oxygens (including phenoxy) is 2. The molecule has 6 heteroatoms. The standard InChI is InChI=1S/C18H26N4O2/c1-4-5-10-19-17-13-14(2)21-18(22-17)20-11-12-24-16-8-6-15(23-3)7-9-16/h6-9,13H,4-5,10-12H2,1-3H3,(H2,19,20,21,22). The third kappa shape index (κ3) is 5.95. The lowest BCUT2D eigenvalue weighted by Crippen LogP contribution is -2.14. The van der Waals surface area contributed by atoms with Crippen LogP contribution in [0.15, 0.2) is 30.3 Å². The van der Waals surface area contributed by atoms with E-state index in [-0.39, 0.29) is 0 Å². The minimum absolute atomic E-state index is 0.530. The van der Waals surface area contributed by atoms with Gasteiger partial charge in [-0.25, -0.2) is 4.98 Å². The molecule has 24 heavy (non-hydrogen) atoms. The van der Waals surface area contributed by atoms with Crippen molar-refractivity contribution in [3.63, 3.8) is 0 Å². The van der Waals surface area contributed by atoms with E-state index >= 15 is 0 Å². The van der Waals surface area contributed by atoms with E-state index in [9.17, 15) is 0 Å². The Hall–Kier alpha value is -2.50. The number of aryl methyl sites for hydroxylation is 1. The number of nitrogens with zero attached hydrogens (tertiary/aromatic N) is 2. The third-order valence-corrected chi connectivity index (χ3v) is 3.40. The highest BCUT2D eigenvalue weighted by Gasteiger charge is 2.02. The predicted octanol–water partition coefficient (Wildman–Crippen LogP) is 3.50. The highest BCUT2D eigenvalue weighted by molar-refractivity contribution is 5.42. The lowest BCUT2D eigenvalue weighted by molar-refractivity contribution is 0.331. The Morgan fingerprint density at radius 1 is 1.00 bits per heavy atom. The summed E-state index contributed by atoms with van der Waals surface area (Å²) in [7, 11) is 1.65. The van der Waals surface area contributed by atoms with Gasteiger partial charge in [0.15, 0.2) is 0 Å². The predicted molar refractivity (Wildman–Crippen MR) is 97.1 cm³/mol. The van der Waals surface area contributed by atoms with Gasteiger partial charge in [0.25, 0.3) is 0 Å². The summed E-state index contributed by atoms with van der Waals surface area (Å²) in [6.45, 7) is 6.22. The van der Waals surface area contributed by atoms with Crippen LogP contribution in [-0.4, -0.2) is 36.8 Å². The molecule has 0 spiro atoms. The Balaban J connectivity index is 1.78. The summed E-state index contributed by atoms with van der Waals surface area (Å²) < 4.78 is 10.8. The maximum Gasteiger partial charge on any atom is 0.224 e. The van der Waals surface area contributed by atoms with Crippen LogP contribution in [0.5, 0.6) is 11.5 Å². The molecule has 0 unspecified atom stereocenters. The first-order chi connectivity index (χ1) is 11.7. The van der Waals surface area contributed by atoms with E-state index in [0.29, 0.717) is 19.1 Å². The summed E-state index contributed by atoms with van der Waals surface area (Å²) in [6.07, 6.45) is 2.28. The van der Waals surface area contributed by atoms with Crippen LogP contribution in [0, 0.1) is 6.92 Å². The Bertz CT molecular complexity index is 617. The highest BCUT2D eigenvalue weighted by Crippen LogP contribution is 2.16. The first-order valence-corrected chi connectivity index (χ1v) is 8.31. The van der Waals surface area contributed by atoms with Crippen LogP contribution in [0.25, 0.3) is 0 Å². The molecule has 6 nitrogen and oxygen atoms in total. The largest absolute Gasteiger partial charge is 0.497 e. The van der Waals surface area contributed by atoms with Gasteiger partial charge in [-0.2, -0.15) is 4.98 Å². The first kappa shape index (κ1) is 17.8. The Morgan fingerprint density at radius 2 is 1.75 bits per heavy atom. The monoisotopic (exact) mass is 330 g/mol. The molecule has 1 heterocycles. The summed E-state index contributed by atoms with van der Waals surface area (Å²) in [5.41, 5.74) is 0.933. The van der Waals surface area contributed by atoms with E-state index in [0.717, 1.165) is 42.4 Å². The third-order valence-electron chi connectivity index (χ3n) is 3.40. The summed E-state index contributed by atoms with van der Waals surface area (Å²) in [5.74, 6) is 3.10. The number of benzene rings is 1. The molecule has 0 aliphatic rings. The SMILES string of the molecule is CCCCNc1cc(C)nc(NCCOc2ccc(OC)cc2)n1. The molecule has 130 valence electrons. The van der Waals surface area contributed by atoms with Crippen molar-refractivity contribution < 1.29 is 9.47 Å². The molecule has 2 N–H and O–H groups in total. The van der Waals surface area contributed by atoms with Gasteiger partial charge in [0.1, 0.15) is 23.9 Å². The number of hydrogen-bond donors (Lipinski definition) is 2. The molecule has 0 amide bonds. The van der Waals surface area contributed by atoms with Crippen molar-refractivity contribution in [1.29, 1.82) is 0 Å². The fourth-order valence-electron chi connectivity index (χ4n) is 2.14. The second-order valence-corrected chi connectivity index (χ2v) is 5.45. The molecule has 0 saturated heterocycles. The van der Waals surface area contributed by atoms with Gasteiger partial charge < -0.3 is 20.1 Å². The van der Waals surface area contributed by atoms with Gasteiger partial charge in [0, 0.05) is 18.3 Å². The average molecular weight is 330 g/mol. The van der Waals surface area contributed by atoms with E-state index in [1.807, 2.05) is 37.3 Å². The van der Waals surface area contributed by atoms with Gasteiger partial charge in [-0.05, 0) is 37.6 Å². The first-order valence-electron chi connectivity index (χ1n) is 8.31. The highest BCUT2D eigenvalue weighted by atomic mass is 16.5. The molecular formula is C18H26N4O2. The number of nitrogens with one attached hydrogen (secondary N) is 2. The van der Waals surface area contributed by atoms with Crippen molar-refractivity contribution in [1.82, 2.24) is 9.97 Å². The molecule has 2 rings (SSSR count). The molecule has 2 aromatic rings. The Kier molecular flexibility index (Phi) is 7.14. The van der Waals surface area contributed by atoms with Crippen LogP contribution < -0.4 is 20.1 Å². The van der Waals surface area contributed by atoms with E-state index < -0.39 is 0 Å². The zero-order valence-electron chi connectivity index (χ0n) is 14.6. The van der Waals surface area contributed by atoms with Crippen LogP contribution in [0.2, 0.25) is 0 Å². The van der Waals surface area contributed by atoms with Gasteiger partial charge in [0.05, 0.1) is 13.7 Å². The van der Waals surface area contributed by atoms with Crippen molar-refractivity contribution in [2.45, 2.75) is 26.7 Å². The maximum absolute atomic E-state index is 5.68. The molecule has 0 aliphatic carbocycles. The van der Waals surface area contributed by atoms with Crippen molar-refractivity contribution in [2.24, 2.45) is 0 Å². The van der Waals surface area contributed by atoms with E-state index in [4.69, 9.17) is 9.47 Å². The molecule has 0 aliphatic heterocycles. The number of rotatable bonds is 10. The summed E-state index contributed by atoms with van der Waals surface area (Å²) in [4.78, 5) is 8.86. The molecular weight excluding hydrogens is 304 g/mol. The van der Waals surface area contributed by atoms with Crippen LogP contribution in [0.4, 0.5) is 11.8 Å². The lowest BCUT2D eigenvalue weighted by atomic mass is 10.3. The van der Waals surface area contributed by atoms with Crippen molar-refractivity contribution in [2.75, 3.05) is 37.4 Å². The Labute approximate surface area is 143 Å². The van der Waals surface area contributed by atoms with Crippen LogP contribution in [0.3, 0.4) is 0 Å². The fraction of sp³-hybridized carbons (Fsp3) is 0.444. The van der Waals surface area contributed by atoms with Crippen molar-refractivity contribution in [3.8, 4) is 11.5 Å². The molecule has 1 aromatic heterocycles. The second kappa shape index (κ2) is 9.60. The van der Waals surface area contributed by atoms with Crippen LogP contribution in [-0.2, 0) is 0 Å². The number of hydrogen-bond acceptors (Lipinski definition) is 6. The number of anilines is 2. The fourth-order valence-corrected chi connectivity index (χ4v) is 2.14. The number of aromatic nitrogens is 2. The van der Waals surface area contributed by atoms with E-state index in [1.165, 1.54) is 0 Å². The summed E-state index contributed by atoms with van der Waals surface area (Å²) >= 11 is 0. The summed E-state index contributed by atoms with van der Waals surface area (Å²) in [6, 6.07) is 9.48. The number of methoxy groups -OCH3 is 1. The van der Waals surface area contributed by atoms with Gasteiger partial charge in [-0.1, -0.05) is 13.3 Å². The van der Waals surface area contributed by atoms with Gasteiger partial charge in [-0.3, -0.25) is 0 Å². The zero-order chi connectivity index (χ0) is 17.2. The lowest BCUT2D eigenvalue weighted by Gasteiger charge is -2.10. The Morgan fingerprint density at radius 3 is 2.46 bits per heavy atom. The van der Waals surface area contributed by atoms with Gasteiger partial charge >= 0.3 is 0 Å². The quantitative estimate of drug-likeness (QED) is 0.650. The zero-order valence-corrected chi connectivity index (χ0v) is 14.6. The van der Waals surface area contributed by atoms with Crippen molar-refractivity contribution in [3.05, 3.63) is 36.0 Å². The molecule has 0 fully saturated rings. The normalized spacial score (nSPS) is 10.3. The van der Waals surface area contributed by atoms with Crippen LogP contribution >= 0.6 is 0 Å². The maximum atomic E-state index is 5.68. The van der Waals surface area contributed by atoms with E-state index in [2.05, 4.69) is 27.5 Å². The number of unbranched alkanes of at least 4 members (excludes halogenated alkanes) is 1. The minimum Gasteiger partial charge on any atom is -0.497 e. The molecule has 0 bridgehead atoms. The van der Waals surface area contributed by atoms with E-state index in [1.54, 1.807) is 7.11 Å². The topological polar surface area (TPSA) is 68.3 Å². The minimum atomic E-state index is 0.530. The smallest absolute Gasteiger partial charge is 0.224 e. The van der Waals surface area contributed by atoms with Crippen LogP contribution in [0.1, 0.15) is 25.5 Å². The van der Waals surface area contributed by atoms with Gasteiger partial charge in [0.2, 0.25) is 5.95 Å². The molecule has 0 atom stereocenters. The molecule has 1 aromatic carbocycles. The average Bonchev–Trinajstić information content (AvgIpc) is 2.59. The molecule has 0 radical (unpaired) electrons. The van der Waals surface area contributed by atoms with Gasteiger partial charge in [-0.15, -0.1) is 0 Å². The molecule has 0 saturated carbocycles. The van der Waals surface area contributed by atoms with Crippen molar-refractivity contribution >= 4 is 11.8 Å².